The van der Waals surface area contributed by atoms with Crippen LogP contribution in [-0.4, -0.2) is 37.1 Å². The Balaban J connectivity index is 2.68. The Morgan fingerprint density at radius 2 is 1.83 bits per heavy atom. The fourth-order valence-electron chi connectivity index (χ4n) is 3.38. The van der Waals surface area contributed by atoms with Crippen molar-refractivity contribution in [3.8, 4) is 0 Å². The first-order chi connectivity index (χ1) is 8.31. The van der Waals surface area contributed by atoms with Crippen LogP contribution in [0.25, 0.3) is 0 Å². The third-order valence-electron chi connectivity index (χ3n) is 5.43. The standard InChI is InChI=1S/C16H34N2/c1-8-16(4,5)18(7)11-14-13(3)9-12(2)10-15(14)17-6/h12-15,17H,8-11H2,1-7H3. The van der Waals surface area contributed by atoms with E-state index in [4.69, 9.17) is 0 Å². The lowest BCUT2D eigenvalue weighted by molar-refractivity contribution is 0.0663. The Bertz CT molecular complexity index is 249. The minimum absolute atomic E-state index is 0.321. The molecule has 0 aliphatic heterocycles. The van der Waals surface area contributed by atoms with Crippen molar-refractivity contribution in [2.75, 3.05) is 20.6 Å². The number of nitrogens with one attached hydrogen (secondary N) is 1. The quantitative estimate of drug-likeness (QED) is 0.809. The Labute approximate surface area is 115 Å². The second-order valence-corrected chi connectivity index (χ2v) is 7.16. The minimum atomic E-state index is 0.321. The molecule has 4 unspecified atom stereocenters. The van der Waals surface area contributed by atoms with Crippen LogP contribution in [0.3, 0.4) is 0 Å². The molecule has 0 aromatic carbocycles. The molecule has 0 radical (unpaired) electrons. The zero-order chi connectivity index (χ0) is 13.9. The third kappa shape index (κ3) is 3.71. The molecule has 2 nitrogen and oxygen atoms in total. The van der Waals surface area contributed by atoms with Gasteiger partial charge in [0.25, 0.3) is 0 Å². The van der Waals surface area contributed by atoms with E-state index in [1.165, 1.54) is 25.8 Å². The Morgan fingerprint density at radius 1 is 1.22 bits per heavy atom. The zero-order valence-corrected chi connectivity index (χ0v) is 13.6. The second-order valence-electron chi connectivity index (χ2n) is 7.16. The van der Waals surface area contributed by atoms with Gasteiger partial charge in [0.1, 0.15) is 0 Å². The van der Waals surface area contributed by atoms with Gasteiger partial charge in [0, 0.05) is 18.1 Å². The predicted molar refractivity (Wildman–Crippen MR) is 80.9 cm³/mol. The summed E-state index contributed by atoms with van der Waals surface area (Å²) >= 11 is 0. The maximum absolute atomic E-state index is 3.56. The molecule has 0 spiro atoms. The number of hydrogen-bond acceptors (Lipinski definition) is 2. The summed E-state index contributed by atoms with van der Waals surface area (Å²) in [5, 5.41) is 3.56. The average molecular weight is 254 g/mol. The first-order valence-corrected chi connectivity index (χ1v) is 7.70. The van der Waals surface area contributed by atoms with Crippen LogP contribution in [0, 0.1) is 17.8 Å². The van der Waals surface area contributed by atoms with Crippen LogP contribution in [0.2, 0.25) is 0 Å². The molecule has 1 saturated carbocycles. The molecule has 18 heavy (non-hydrogen) atoms. The Kier molecular flexibility index (Phi) is 5.67. The van der Waals surface area contributed by atoms with E-state index in [2.05, 4.69) is 58.9 Å². The van der Waals surface area contributed by atoms with Crippen LogP contribution in [0.1, 0.15) is 53.9 Å². The zero-order valence-electron chi connectivity index (χ0n) is 13.6. The van der Waals surface area contributed by atoms with Gasteiger partial charge in [-0.2, -0.15) is 0 Å². The van der Waals surface area contributed by atoms with Gasteiger partial charge in [0.05, 0.1) is 0 Å². The van der Waals surface area contributed by atoms with Gasteiger partial charge >= 0.3 is 0 Å². The summed E-state index contributed by atoms with van der Waals surface area (Å²) in [7, 11) is 4.42. The van der Waals surface area contributed by atoms with Crippen LogP contribution in [-0.2, 0) is 0 Å². The molecule has 2 heteroatoms. The molecule has 0 saturated heterocycles. The van der Waals surface area contributed by atoms with Crippen LogP contribution in [0.4, 0.5) is 0 Å². The maximum atomic E-state index is 3.56. The lowest BCUT2D eigenvalue weighted by atomic mass is 9.72. The van der Waals surface area contributed by atoms with E-state index in [-0.39, 0.29) is 0 Å². The Hall–Kier alpha value is -0.0800. The SMILES string of the molecule is CCC(C)(C)N(C)CC1C(C)CC(C)CC1NC. The second kappa shape index (κ2) is 6.38. The van der Waals surface area contributed by atoms with Gasteiger partial charge in [-0.1, -0.05) is 20.8 Å². The predicted octanol–water partition coefficient (Wildman–Crippen LogP) is 3.38. The molecule has 0 aromatic heterocycles. The molecule has 1 rings (SSSR count). The van der Waals surface area contributed by atoms with Crippen LogP contribution in [0.5, 0.6) is 0 Å². The van der Waals surface area contributed by atoms with Gasteiger partial charge in [-0.3, -0.25) is 0 Å². The summed E-state index contributed by atoms with van der Waals surface area (Å²) in [6.07, 6.45) is 3.94. The number of nitrogens with zero attached hydrogens (tertiary/aromatic N) is 1. The molecule has 1 N–H and O–H groups in total. The van der Waals surface area contributed by atoms with E-state index < -0.39 is 0 Å². The number of rotatable bonds is 5. The summed E-state index contributed by atoms with van der Waals surface area (Å²) in [6, 6.07) is 0.693. The lowest BCUT2D eigenvalue weighted by Gasteiger charge is -2.45. The molecule has 0 heterocycles. The highest BCUT2D eigenvalue weighted by Crippen LogP contribution is 2.35. The average Bonchev–Trinajstić information content (AvgIpc) is 2.31. The first-order valence-electron chi connectivity index (χ1n) is 7.70. The normalized spacial score (nSPS) is 34.0. The molecule has 1 aliphatic rings. The smallest absolute Gasteiger partial charge is 0.0147 e. The van der Waals surface area contributed by atoms with Gasteiger partial charge < -0.3 is 10.2 Å². The lowest BCUT2D eigenvalue weighted by Crippen LogP contribution is -2.51. The van der Waals surface area contributed by atoms with Gasteiger partial charge in [-0.15, -0.1) is 0 Å². The highest BCUT2D eigenvalue weighted by Gasteiger charge is 2.35. The van der Waals surface area contributed by atoms with E-state index in [0.717, 1.165) is 17.8 Å². The van der Waals surface area contributed by atoms with E-state index >= 15 is 0 Å². The van der Waals surface area contributed by atoms with Gasteiger partial charge in [-0.05, 0) is 65.0 Å². The van der Waals surface area contributed by atoms with Crippen molar-refractivity contribution in [1.82, 2.24) is 10.2 Å². The van der Waals surface area contributed by atoms with Crippen molar-refractivity contribution in [1.29, 1.82) is 0 Å². The molecule has 1 fully saturated rings. The van der Waals surface area contributed by atoms with E-state index in [1.54, 1.807) is 0 Å². The van der Waals surface area contributed by atoms with Crippen molar-refractivity contribution in [2.24, 2.45) is 17.8 Å². The molecule has 0 aromatic rings. The summed E-state index contributed by atoms with van der Waals surface area (Å²) in [4.78, 5) is 2.56. The van der Waals surface area contributed by atoms with Crippen molar-refractivity contribution in [3.63, 3.8) is 0 Å². The van der Waals surface area contributed by atoms with Gasteiger partial charge in [0.2, 0.25) is 0 Å². The summed E-state index contributed by atoms with van der Waals surface area (Å²) in [6.45, 7) is 13.1. The van der Waals surface area contributed by atoms with E-state index in [9.17, 15) is 0 Å². The maximum Gasteiger partial charge on any atom is 0.0147 e. The van der Waals surface area contributed by atoms with E-state index in [1.807, 2.05) is 0 Å². The topological polar surface area (TPSA) is 15.3 Å². The fourth-order valence-corrected chi connectivity index (χ4v) is 3.38. The molecular weight excluding hydrogens is 220 g/mol. The van der Waals surface area contributed by atoms with Gasteiger partial charge in [-0.25, -0.2) is 0 Å². The highest BCUT2D eigenvalue weighted by atomic mass is 15.2. The van der Waals surface area contributed by atoms with Crippen molar-refractivity contribution >= 4 is 0 Å². The van der Waals surface area contributed by atoms with Crippen LogP contribution < -0.4 is 5.32 Å². The molecule has 4 atom stereocenters. The molecular formula is C16H34N2. The summed E-state index contributed by atoms with van der Waals surface area (Å²) in [5.41, 5.74) is 0.321. The summed E-state index contributed by atoms with van der Waals surface area (Å²) in [5.74, 6) is 2.50. The minimum Gasteiger partial charge on any atom is -0.317 e. The van der Waals surface area contributed by atoms with E-state index in [0.29, 0.717) is 11.6 Å². The monoisotopic (exact) mass is 254 g/mol. The molecule has 0 bridgehead atoms. The molecule has 108 valence electrons. The largest absolute Gasteiger partial charge is 0.317 e. The molecule has 1 aliphatic carbocycles. The van der Waals surface area contributed by atoms with Crippen molar-refractivity contribution in [2.45, 2.75) is 65.5 Å². The molecule has 0 amide bonds. The highest BCUT2D eigenvalue weighted by molar-refractivity contribution is 4.90. The van der Waals surface area contributed by atoms with Crippen LogP contribution in [0.15, 0.2) is 0 Å². The fraction of sp³-hybridized carbons (Fsp3) is 1.00. The Morgan fingerprint density at radius 3 is 2.33 bits per heavy atom. The van der Waals surface area contributed by atoms with Crippen molar-refractivity contribution in [3.05, 3.63) is 0 Å². The first kappa shape index (κ1) is 16.0. The van der Waals surface area contributed by atoms with Gasteiger partial charge in [0.15, 0.2) is 0 Å². The summed E-state index contributed by atoms with van der Waals surface area (Å²) < 4.78 is 0. The van der Waals surface area contributed by atoms with Crippen LogP contribution >= 0.6 is 0 Å². The van der Waals surface area contributed by atoms with Crippen molar-refractivity contribution < 1.29 is 0 Å². The number of hydrogen-bond donors (Lipinski definition) is 1. The third-order valence-corrected chi connectivity index (χ3v) is 5.43.